The van der Waals surface area contributed by atoms with Crippen LogP contribution in [0.4, 0.5) is 0 Å². The lowest BCUT2D eigenvalue weighted by molar-refractivity contribution is -0.122. The van der Waals surface area contributed by atoms with E-state index in [2.05, 4.69) is 15.5 Å². The number of amides is 1. The van der Waals surface area contributed by atoms with Gasteiger partial charge in [0.2, 0.25) is 11.8 Å². The van der Waals surface area contributed by atoms with E-state index in [0.29, 0.717) is 37.9 Å². The smallest absolute Gasteiger partial charge is 0.234 e. The maximum absolute atomic E-state index is 11.8. The van der Waals surface area contributed by atoms with E-state index in [4.69, 9.17) is 4.52 Å². The molecule has 21 heavy (non-hydrogen) atoms. The molecule has 1 saturated carbocycles. The predicted octanol–water partition coefficient (Wildman–Crippen LogP) is 0.0624. The Labute approximate surface area is 123 Å². The molecule has 1 aromatic rings. The number of aromatic nitrogens is 2. The Morgan fingerprint density at radius 3 is 3.05 bits per heavy atom. The number of rotatable bonds is 6. The van der Waals surface area contributed by atoms with Crippen LogP contribution < -0.4 is 5.32 Å². The fourth-order valence-electron chi connectivity index (χ4n) is 2.62. The zero-order chi connectivity index (χ0) is 14.7. The molecule has 1 aromatic heterocycles. The minimum Gasteiger partial charge on any atom is -0.392 e. The Bertz CT molecular complexity index is 486. The van der Waals surface area contributed by atoms with Crippen LogP contribution in [0.3, 0.4) is 0 Å². The van der Waals surface area contributed by atoms with E-state index in [1.807, 2.05) is 4.90 Å². The molecule has 2 heterocycles. The molecule has 1 saturated heterocycles. The van der Waals surface area contributed by atoms with Crippen molar-refractivity contribution in [1.29, 1.82) is 0 Å². The first kappa shape index (κ1) is 14.5. The average Bonchev–Trinajstić information content (AvgIpc) is 3.19. The number of β-amino-alcohol motifs (C(OH)–C–C–N with tert-alkyl or cyclic N) is 1. The van der Waals surface area contributed by atoms with Gasteiger partial charge in [-0.1, -0.05) is 5.16 Å². The molecule has 116 valence electrons. The van der Waals surface area contributed by atoms with Gasteiger partial charge in [0.05, 0.1) is 12.6 Å². The number of nitrogens with one attached hydrogen (secondary N) is 1. The summed E-state index contributed by atoms with van der Waals surface area (Å²) in [6, 6.07) is 0. The quantitative estimate of drug-likeness (QED) is 0.771. The Morgan fingerprint density at radius 2 is 2.29 bits per heavy atom. The highest BCUT2D eigenvalue weighted by Gasteiger charge is 2.28. The van der Waals surface area contributed by atoms with E-state index < -0.39 is 0 Å². The summed E-state index contributed by atoms with van der Waals surface area (Å²) in [7, 11) is 0. The number of hydrogen-bond acceptors (Lipinski definition) is 6. The van der Waals surface area contributed by atoms with Crippen molar-refractivity contribution in [2.24, 2.45) is 0 Å². The third-order valence-electron chi connectivity index (χ3n) is 3.94. The molecule has 7 heteroatoms. The van der Waals surface area contributed by atoms with Crippen LogP contribution in [-0.4, -0.2) is 58.3 Å². The normalized spacial score (nSPS) is 23.2. The van der Waals surface area contributed by atoms with Crippen LogP contribution in [0.15, 0.2) is 4.52 Å². The first-order valence-electron chi connectivity index (χ1n) is 7.70. The summed E-state index contributed by atoms with van der Waals surface area (Å²) in [5, 5.41) is 16.4. The van der Waals surface area contributed by atoms with Gasteiger partial charge < -0.3 is 14.9 Å². The Balaban J connectivity index is 1.35. The predicted molar refractivity (Wildman–Crippen MR) is 74.7 cm³/mol. The summed E-state index contributed by atoms with van der Waals surface area (Å²) in [5.74, 6) is 1.86. The minimum absolute atomic E-state index is 0.0222. The fraction of sp³-hybridized carbons (Fsp3) is 0.786. The molecular weight excluding hydrogens is 272 g/mol. The van der Waals surface area contributed by atoms with E-state index in [9.17, 15) is 9.90 Å². The molecule has 2 aliphatic rings. The topological polar surface area (TPSA) is 91.5 Å². The van der Waals surface area contributed by atoms with Crippen LogP contribution in [0.1, 0.15) is 43.3 Å². The summed E-state index contributed by atoms with van der Waals surface area (Å²) in [6.45, 7) is 2.30. The molecule has 0 aromatic carbocycles. The average molecular weight is 294 g/mol. The maximum atomic E-state index is 11.8. The summed E-state index contributed by atoms with van der Waals surface area (Å²) >= 11 is 0. The van der Waals surface area contributed by atoms with Crippen LogP contribution in [0.2, 0.25) is 0 Å². The zero-order valence-corrected chi connectivity index (χ0v) is 12.1. The molecule has 0 spiro atoms. The Kier molecular flexibility index (Phi) is 4.50. The van der Waals surface area contributed by atoms with E-state index >= 15 is 0 Å². The highest BCUT2D eigenvalue weighted by molar-refractivity contribution is 5.78. The monoisotopic (exact) mass is 294 g/mol. The highest BCUT2D eigenvalue weighted by Crippen LogP contribution is 2.38. The SMILES string of the molecule is O=C(CN1CCC[C@@H](O)C1)NCCc1nc(C2CC2)no1. The van der Waals surface area contributed by atoms with Crippen LogP contribution in [-0.2, 0) is 11.2 Å². The van der Waals surface area contributed by atoms with Gasteiger partial charge in [-0.3, -0.25) is 9.69 Å². The van der Waals surface area contributed by atoms with Gasteiger partial charge in [0.15, 0.2) is 5.82 Å². The molecule has 1 aliphatic heterocycles. The van der Waals surface area contributed by atoms with E-state index in [1.54, 1.807) is 0 Å². The van der Waals surface area contributed by atoms with Crippen molar-refractivity contribution in [3.8, 4) is 0 Å². The third-order valence-corrected chi connectivity index (χ3v) is 3.94. The largest absolute Gasteiger partial charge is 0.392 e. The second kappa shape index (κ2) is 6.53. The van der Waals surface area contributed by atoms with Crippen molar-refractivity contribution in [2.45, 2.75) is 44.1 Å². The Hall–Kier alpha value is -1.47. The van der Waals surface area contributed by atoms with Crippen molar-refractivity contribution in [3.63, 3.8) is 0 Å². The van der Waals surface area contributed by atoms with E-state index in [1.165, 1.54) is 0 Å². The number of carbonyl (C=O) groups is 1. The summed E-state index contributed by atoms with van der Waals surface area (Å²) < 4.78 is 5.16. The lowest BCUT2D eigenvalue weighted by atomic mass is 10.1. The van der Waals surface area contributed by atoms with Crippen LogP contribution >= 0.6 is 0 Å². The number of carbonyl (C=O) groups excluding carboxylic acids is 1. The van der Waals surface area contributed by atoms with Crippen molar-refractivity contribution in [2.75, 3.05) is 26.2 Å². The van der Waals surface area contributed by atoms with Crippen LogP contribution in [0.5, 0.6) is 0 Å². The second-order valence-electron chi connectivity index (χ2n) is 5.95. The Morgan fingerprint density at radius 1 is 1.43 bits per heavy atom. The summed E-state index contributed by atoms with van der Waals surface area (Å²) in [5.41, 5.74) is 0. The third kappa shape index (κ3) is 4.25. The molecule has 2 N–H and O–H groups in total. The lowest BCUT2D eigenvalue weighted by Gasteiger charge is -2.29. The number of hydrogen-bond donors (Lipinski definition) is 2. The molecule has 0 bridgehead atoms. The van der Waals surface area contributed by atoms with Gasteiger partial charge in [-0.2, -0.15) is 4.98 Å². The summed E-state index contributed by atoms with van der Waals surface area (Å²) in [6.07, 6.45) is 4.34. The minimum atomic E-state index is -0.300. The first-order valence-corrected chi connectivity index (χ1v) is 7.70. The fourth-order valence-corrected chi connectivity index (χ4v) is 2.62. The van der Waals surface area contributed by atoms with Crippen molar-refractivity contribution in [3.05, 3.63) is 11.7 Å². The number of nitrogens with zero attached hydrogens (tertiary/aromatic N) is 3. The van der Waals surface area contributed by atoms with Crippen LogP contribution in [0, 0.1) is 0 Å². The lowest BCUT2D eigenvalue weighted by Crippen LogP contribution is -2.44. The molecule has 2 fully saturated rings. The van der Waals surface area contributed by atoms with E-state index in [0.717, 1.165) is 38.1 Å². The van der Waals surface area contributed by atoms with Crippen molar-refractivity contribution < 1.29 is 14.4 Å². The molecule has 1 atom stereocenters. The zero-order valence-electron chi connectivity index (χ0n) is 12.1. The molecule has 1 aliphatic carbocycles. The highest BCUT2D eigenvalue weighted by atomic mass is 16.5. The molecule has 7 nitrogen and oxygen atoms in total. The van der Waals surface area contributed by atoms with Crippen LogP contribution in [0.25, 0.3) is 0 Å². The van der Waals surface area contributed by atoms with Crippen molar-refractivity contribution >= 4 is 5.91 Å². The van der Waals surface area contributed by atoms with Gasteiger partial charge in [-0.15, -0.1) is 0 Å². The number of aliphatic hydroxyl groups excluding tert-OH is 1. The van der Waals surface area contributed by atoms with Gasteiger partial charge in [0.25, 0.3) is 0 Å². The molecule has 3 rings (SSSR count). The number of likely N-dealkylation sites (tertiary alicyclic amines) is 1. The number of piperidine rings is 1. The second-order valence-corrected chi connectivity index (χ2v) is 5.95. The van der Waals surface area contributed by atoms with Crippen molar-refractivity contribution in [1.82, 2.24) is 20.4 Å². The standard InChI is InChI=1S/C14H22N4O3/c19-11-2-1-7-18(8-11)9-12(20)15-6-5-13-16-14(17-21-13)10-3-4-10/h10-11,19H,1-9H2,(H,15,20)/t11-/m1/s1. The van der Waals surface area contributed by atoms with Gasteiger partial charge in [0, 0.05) is 25.4 Å². The molecular formula is C14H22N4O3. The molecule has 1 amide bonds. The number of aliphatic hydroxyl groups is 1. The van der Waals surface area contributed by atoms with E-state index in [-0.39, 0.29) is 12.0 Å². The molecule has 0 radical (unpaired) electrons. The van der Waals surface area contributed by atoms with Gasteiger partial charge in [-0.05, 0) is 32.2 Å². The van der Waals surface area contributed by atoms with Gasteiger partial charge in [0.1, 0.15) is 0 Å². The van der Waals surface area contributed by atoms with Gasteiger partial charge >= 0.3 is 0 Å². The van der Waals surface area contributed by atoms with Gasteiger partial charge in [-0.25, -0.2) is 0 Å². The first-order chi connectivity index (χ1) is 10.2. The summed E-state index contributed by atoms with van der Waals surface area (Å²) in [4.78, 5) is 18.1. The maximum Gasteiger partial charge on any atom is 0.234 e. The molecule has 0 unspecified atom stereocenters.